The van der Waals surface area contributed by atoms with Gasteiger partial charge in [-0.15, -0.1) is 0 Å². The third-order valence-electron chi connectivity index (χ3n) is 2.53. The molecule has 2 unspecified atom stereocenters. The highest BCUT2D eigenvalue weighted by atomic mass is 14.1. The Morgan fingerprint density at radius 3 is 1.92 bits per heavy atom. The summed E-state index contributed by atoms with van der Waals surface area (Å²) in [6.45, 7) is 16.8. The van der Waals surface area contributed by atoms with Gasteiger partial charge in [-0.05, 0) is 38.5 Å². The van der Waals surface area contributed by atoms with Crippen LogP contribution in [0.3, 0.4) is 0 Å². The largest absolute Gasteiger partial charge is 0.0741 e. The van der Waals surface area contributed by atoms with Crippen LogP contribution in [0.1, 0.15) is 47.0 Å². The molecule has 76 valence electrons. The number of rotatable bonds is 5. The quantitative estimate of drug-likeness (QED) is 0.549. The van der Waals surface area contributed by atoms with Crippen LogP contribution in [0.25, 0.3) is 0 Å². The van der Waals surface area contributed by atoms with Crippen molar-refractivity contribution in [3.8, 4) is 0 Å². The van der Waals surface area contributed by atoms with Gasteiger partial charge in [0.15, 0.2) is 0 Å². The molecule has 0 fully saturated rings. The van der Waals surface area contributed by atoms with Crippen molar-refractivity contribution in [3.05, 3.63) is 25.0 Å². The molecule has 0 saturated carbocycles. The minimum atomic E-state index is 0.532. The molecule has 0 rings (SSSR count). The predicted octanol–water partition coefficient (Wildman–Crippen LogP) is 4.43. The topological polar surface area (TPSA) is 0 Å². The van der Waals surface area contributed by atoms with Gasteiger partial charge in [0.2, 0.25) is 0 Å². The van der Waals surface area contributed by atoms with Crippen LogP contribution in [0.2, 0.25) is 0 Å². The summed E-state index contributed by atoms with van der Waals surface area (Å²) in [5, 5.41) is 0. The first-order valence-corrected chi connectivity index (χ1v) is 5.24. The van der Waals surface area contributed by atoms with Gasteiger partial charge in [0.25, 0.3) is 0 Å². The Labute approximate surface area is 84.4 Å². The molecule has 0 aliphatic rings. The predicted molar refractivity (Wildman–Crippen MR) is 61.3 cm³/mol. The third kappa shape index (κ3) is 5.90. The van der Waals surface area contributed by atoms with Gasteiger partial charge in [-0.1, -0.05) is 45.3 Å². The van der Waals surface area contributed by atoms with Crippen molar-refractivity contribution >= 4 is 0 Å². The monoisotopic (exact) mass is 180 g/mol. The maximum Gasteiger partial charge on any atom is -0.0295 e. The van der Waals surface area contributed by atoms with Crippen molar-refractivity contribution in [2.45, 2.75) is 47.0 Å². The van der Waals surface area contributed by atoms with Crippen molar-refractivity contribution in [3.63, 3.8) is 0 Å². The van der Waals surface area contributed by atoms with E-state index in [1.54, 1.807) is 0 Å². The molecular formula is C13H24. The molecule has 13 heavy (non-hydrogen) atoms. The van der Waals surface area contributed by atoms with Crippen LogP contribution in [0.5, 0.6) is 0 Å². The standard InChI is InChI=1S/C13H24/c1-7-11(4)9-13(6)12(5)8-10(2)3/h10-11H,1-2,7-9H2,3-6H3/b13-12+. The van der Waals surface area contributed by atoms with Crippen LogP contribution in [-0.4, -0.2) is 0 Å². The molecule has 0 heteroatoms. The molecule has 2 radical (unpaired) electrons. The van der Waals surface area contributed by atoms with E-state index in [-0.39, 0.29) is 0 Å². The molecule has 0 saturated heterocycles. The first kappa shape index (κ1) is 12.7. The fraction of sp³-hybridized carbons (Fsp3) is 0.692. The SMILES string of the molecule is [CH2]CC(C)C/C(C)=C(\C)CC([CH2])C. The molecule has 0 spiro atoms. The number of hydrogen-bond donors (Lipinski definition) is 0. The summed E-state index contributed by atoms with van der Waals surface area (Å²) in [5.74, 6) is 1.25. The van der Waals surface area contributed by atoms with Gasteiger partial charge in [0.1, 0.15) is 0 Å². The Morgan fingerprint density at radius 2 is 1.54 bits per heavy atom. The summed E-state index contributed by atoms with van der Waals surface area (Å²) in [6, 6.07) is 0. The van der Waals surface area contributed by atoms with Gasteiger partial charge in [-0.2, -0.15) is 0 Å². The Balaban J connectivity index is 4.10. The summed E-state index contributed by atoms with van der Waals surface area (Å²) in [5.41, 5.74) is 3.05. The van der Waals surface area contributed by atoms with Gasteiger partial charge < -0.3 is 0 Å². The average molecular weight is 180 g/mol. The summed E-state index contributed by atoms with van der Waals surface area (Å²) in [7, 11) is 0. The average Bonchev–Trinajstić information content (AvgIpc) is 2.02. The Kier molecular flexibility index (Phi) is 6.11. The van der Waals surface area contributed by atoms with Crippen molar-refractivity contribution in [1.82, 2.24) is 0 Å². The van der Waals surface area contributed by atoms with Crippen LogP contribution in [-0.2, 0) is 0 Å². The molecule has 0 aliphatic heterocycles. The minimum absolute atomic E-state index is 0.532. The zero-order valence-corrected chi connectivity index (χ0v) is 9.69. The van der Waals surface area contributed by atoms with Crippen molar-refractivity contribution in [1.29, 1.82) is 0 Å². The normalized spacial score (nSPS) is 15.9. The fourth-order valence-corrected chi connectivity index (χ4v) is 1.50. The van der Waals surface area contributed by atoms with E-state index in [1.807, 2.05) is 0 Å². The summed E-state index contributed by atoms with van der Waals surface area (Å²) >= 11 is 0. The molecule has 0 amide bonds. The molecule has 0 aromatic carbocycles. The van der Waals surface area contributed by atoms with E-state index in [2.05, 4.69) is 41.5 Å². The van der Waals surface area contributed by atoms with Gasteiger partial charge in [-0.3, -0.25) is 0 Å². The number of hydrogen-bond acceptors (Lipinski definition) is 0. The fourth-order valence-electron chi connectivity index (χ4n) is 1.50. The molecule has 0 aromatic rings. The second-order valence-corrected chi connectivity index (χ2v) is 4.47. The van der Waals surface area contributed by atoms with E-state index in [0.29, 0.717) is 5.92 Å². The minimum Gasteiger partial charge on any atom is -0.0741 e. The molecule has 0 heterocycles. The smallest absolute Gasteiger partial charge is 0.0295 e. The van der Waals surface area contributed by atoms with E-state index >= 15 is 0 Å². The Bertz CT molecular complexity index is 163. The lowest BCUT2D eigenvalue weighted by Crippen LogP contribution is -1.97. The van der Waals surface area contributed by atoms with Crippen molar-refractivity contribution < 1.29 is 0 Å². The first-order chi connectivity index (χ1) is 5.97. The highest BCUT2D eigenvalue weighted by Gasteiger charge is 2.04. The van der Waals surface area contributed by atoms with Crippen LogP contribution < -0.4 is 0 Å². The zero-order chi connectivity index (χ0) is 10.4. The second kappa shape index (κ2) is 6.23. The maximum absolute atomic E-state index is 4.01. The molecule has 0 N–H and O–H groups in total. The molecular weight excluding hydrogens is 156 g/mol. The maximum atomic E-state index is 4.01. The van der Waals surface area contributed by atoms with Gasteiger partial charge >= 0.3 is 0 Å². The van der Waals surface area contributed by atoms with Crippen LogP contribution in [0, 0.1) is 25.7 Å². The van der Waals surface area contributed by atoms with E-state index in [1.165, 1.54) is 17.6 Å². The van der Waals surface area contributed by atoms with Gasteiger partial charge in [0.05, 0.1) is 0 Å². The lowest BCUT2D eigenvalue weighted by atomic mass is 9.93. The van der Waals surface area contributed by atoms with Crippen molar-refractivity contribution in [2.75, 3.05) is 0 Å². The van der Waals surface area contributed by atoms with Gasteiger partial charge in [-0.25, -0.2) is 0 Å². The highest BCUT2D eigenvalue weighted by Crippen LogP contribution is 2.20. The Morgan fingerprint density at radius 1 is 1.08 bits per heavy atom. The summed E-state index contributed by atoms with van der Waals surface area (Å²) in [6.07, 6.45) is 3.36. The van der Waals surface area contributed by atoms with E-state index in [0.717, 1.165) is 18.8 Å². The van der Waals surface area contributed by atoms with Crippen LogP contribution in [0.15, 0.2) is 11.1 Å². The summed E-state index contributed by atoms with van der Waals surface area (Å²) < 4.78 is 0. The highest BCUT2D eigenvalue weighted by molar-refractivity contribution is 5.10. The van der Waals surface area contributed by atoms with E-state index < -0.39 is 0 Å². The van der Waals surface area contributed by atoms with Gasteiger partial charge in [0, 0.05) is 0 Å². The summed E-state index contributed by atoms with van der Waals surface area (Å²) in [4.78, 5) is 0. The van der Waals surface area contributed by atoms with Crippen LogP contribution in [0.4, 0.5) is 0 Å². The van der Waals surface area contributed by atoms with E-state index in [9.17, 15) is 0 Å². The second-order valence-electron chi connectivity index (χ2n) is 4.47. The molecule has 0 aromatic heterocycles. The molecule has 0 bridgehead atoms. The number of allylic oxidation sites excluding steroid dienone is 2. The molecule has 0 nitrogen and oxygen atoms in total. The lowest BCUT2D eigenvalue weighted by Gasteiger charge is -2.13. The third-order valence-corrected chi connectivity index (χ3v) is 2.53. The first-order valence-electron chi connectivity index (χ1n) is 5.24. The van der Waals surface area contributed by atoms with Crippen molar-refractivity contribution in [2.24, 2.45) is 11.8 Å². The Hall–Kier alpha value is -0.260. The van der Waals surface area contributed by atoms with Crippen LogP contribution >= 0.6 is 0 Å². The molecule has 2 atom stereocenters. The lowest BCUT2D eigenvalue weighted by molar-refractivity contribution is 0.576. The molecule has 0 aliphatic carbocycles. The van der Waals surface area contributed by atoms with E-state index in [4.69, 9.17) is 0 Å². The zero-order valence-electron chi connectivity index (χ0n) is 9.69.